The molecule has 0 aliphatic carbocycles. The second-order valence-electron chi connectivity index (χ2n) is 5.97. The summed E-state index contributed by atoms with van der Waals surface area (Å²) in [7, 11) is 0. The van der Waals surface area contributed by atoms with Gasteiger partial charge in [-0.05, 0) is 114 Å². The molecule has 3 aromatic carbocycles. The normalized spacial score (nSPS) is 10.9. The molecule has 2 N–H and O–H groups in total. The summed E-state index contributed by atoms with van der Waals surface area (Å²) in [5.74, 6) is 0.401. The molecule has 3 aromatic rings. The molecule has 0 spiro atoms. The molecule has 0 atom stereocenters. The second kappa shape index (κ2) is 10.2. The molecule has 5 nitrogen and oxygen atoms in total. The highest BCUT2D eigenvalue weighted by molar-refractivity contribution is 14.1. The van der Waals surface area contributed by atoms with Crippen molar-refractivity contribution >= 4 is 66.6 Å². The van der Waals surface area contributed by atoms with Crippen molar-refractivity contribution in [2.45, 2.75) is 6.61 Å². The monoisotopic (exact) mass is 628 g/mol. The van der Waals surface area contributed by atoms with Gasteiger partial charge < -0.3 is 9.84 Å². The summed E-state index contributed by atoms with van der Waals surface area (Å²) in [4.78, 5) is 12.2. The molecular weight excluding hydrogens is 615 g/mol. The zero-order chi connectivity index (χ0) is 20.8. The Kier molecular flexibility index (Phi) is 7.68. The lowest BCUT2D eigenvalue weighted by Gasteiger charge is -2.07. The predicted octanol–water partition coefficient (Wildman–Crippen LogP) is 5.86. The zero-order valence-electron chi connectivity index (χ0n) is 14.9. The number of hydrogen-bond donors (Lipinski definition) is 2. The number of amides is 1. The van der Waals surface area contributed by atoms with Crippen molar-refractivity contribution in [3.63, 3.8) is 0 Å². The van der Waals surface area contributed by atoms with Crippen LogP contribution in [0.1, 0.15) is 21.5 Å². The number of nitrogens with zero attached hydrogens (tertiary/aromatic N) is 1. The lowest BCUT2D eigenvalue weighted by atomic mass is 10.2. The van der Waals surface area contributed by atoms with Crippen molar-refractivity contribution in [1.82, 2.24) is 5.43 Å². The maximum absolute atomic E-state index is 12.2. The van der Waals surface area contributed by atoms with Crippen LogP contribution in [0.2, 0.25) is 0 Å². The number of hydrogen-bond acceptors (Lipinski definition) is 4. The molecule has 0 heterocycles. The largest absolute Gasteiger partial charge is 0.506 e. The molecule has 148 valence electrons. The molecule has 0 fully saturated rings. The maximum atomic E-state index is 12.2. The van der Waals surface area contributed by atoms with Gasteiger partial charge in [0.25, 0.3) is 5.91 Å². The summed E-state index contributed by atoms with van der Waals surface area (Å²) in [6.07, 6.45) is 1.55. The van der Waals surface area contributed by atoms with Gasteiger partial charge in [0, 0.05) is 9.13 Å². The van der Waals surface area contributed by atoms with E-state index in [4.69, 9.17) is 4.74 Å². The number of rotatable bonds is 6. The van der Waals surface area contributed by atoms with Gasteiger partial charge in [0.1, 0.15) is 18.1 Å². The molecule has 3 rings (SSSR count). The van der Waals surface area contributed by atoms with E-state index in [2.05, 4.69) is 65.0 Å². The van der Waals surface area contributed by atoms with E-state index < -0.39 is 0 Å². The van der Waals surface area contributed by atoms with Crippen LogP contribution >= 0.6 is 54.5 Å². The third-order valence-corrected chi connectivity index (χ3v) is 5.79. The van der Waals surface area contributed by atoms with Gasteiger partial charge in [0.2, 0.25) is 0 Å². The number of carbonyl (C=O) groups excluding carboxylic acids is 1. The lowest BCUT2D eigenvalue weighted by Crippen LogP contribution is -2.17. The second-order valence-corrected chi connectivity index (χ2v) is 8.93. The molecule has 1 amide bonds. The summed E-state index contributed by atoms with van der Waals surface area (Å²) in [6, 6.07) is 18.6. The molecule has 0 saturated carbocycles. The number of nitrogens with one attached hydrogen (secondary N) is 1. The van der Waals surface area contributed by atoms with E-state index in [0.29, 0.717) is 21.1 Å². The van der Waals surface area contributed by atoms with E-state index in [1.54, 1.807) is 6.21 Å². The minimum absolute atomic E-state index is 0.0365. The number of phenolic OH excluding ortho intramolecular Hbond substituents is 1. The van der Waals surface area contributed by atoms with Crippen LogP contribution in [-0.2, 0) is 6.61 Å². The van der Waals surface area contributed by atoms with Gasteiger partial charge in [-0.15, -0.1) is 0 Å². The van der Waals surface area contributed by atoms with Crippen LogP contribution in [0.5, 0.6) is 11.5 Å². The van der Waals surface area contributed by atoms with Gasteiger partial charge >= 0.3 is 0 Å². The molecule has 29 heavy (non-hydrogen) atoms. The van der Waals surface area contributed by atoms with E-state index >= 15 is 0 Å². The molecule has 0 radical (unpaired) electrons. The molecule has 8 heteroatoms. The van der Waals surface area contributed by atoms with Crippen LogP contribution in [0, 0.1) is 3.57 Å². The van der Waals surface area contributed by atoms with E-state index in [-0.39, 0.29) is 11.7 Å². The van der Waals surface area contributed by atoms with Crippen LogP contribution in [0.15, 0.2) is 74.7 Å². The van der Waals surface area contributed by atoms with Crippen molar-refractivity contribution in [2.75, 3.05) is 0 Å². The van der Waals surface area contributed by atoms with E-state index in [0.717, 1.165) is 16.9 Å². The molecule has 0 saturated heterocycles. The molecule has 0 bridgehead atoms. The summed E-state index contributed by atoms with van der Waals surface area (Å²) in [6.45, 7) is 0.498. The quantitative estimate of drug-likeness (QED) is 0.204. The molecule has 0 aromatic heterocycles. The Labute approximate surface area is 198 Å². The van der Waals surface area contributed by atoms with Gasteiger partial charge in [-0.3, -0.25) is 4.79 Å². The third-order valence-electron chi connectivity index (χ3n) is 3.86. The molecular formula is C21H15Br2IN2O3. The van der Waals surface area contributed by atoms with Gasteiger partial charge in [0.05, 0.1) is 15.2 Å². The third kappa shape index (κ3) is 6.28. The number of ether oxygens (including phenoxy) is 1. The van der Waals surface area contributed by atoms with Crippen molar-refractivity contribution in [2.24, 2.45) is 5.10 Å². The van der Waals surface area contributed by atoms with Gasteiger partial charge in [0.15, 0.2) is 0 Å². The maximum Gasteiger partial charge on any atom is 0.271 e. The first-order valence-corrected chi connectivity index (χ1v) is 11.1. The standard InChI is InChI=1S/C21H15Br2IN2O3/c22-18-9-15(10-19(23)20(18)27)21(28)26-25-11-13-3-7-17(8-4-13)29-12-14-1-5-16(24)6-2-14/h1-11,27H,12H2,(H,26,28)/b25-11-. The summed E-state index contributed by atoms with van der Waals surface area (Å²) >= 11 is 8.66. The number of halogens is 3. The van der Waals surface area contributed by atoms with Crippen molar-refractivity contribution in [3.8, 4) is 11.5 Å². The predicted molar refractivity (Wildman–Crippen MR) is 128 cm³/mol. The van der Waals surface area contributed by atoms with Crippen LogP contribution in [0.3, 0.4) is 0 Å². The highest BCUT2D eigenvalue weighted by Crippen LogP contribution is 2.33. The number of carbonyl (C=O) groups is 1. The van der Waals surface area contributed by atoms with E-state index in [9.17, 15) is 9.90 Å². The topological polar surface area (TPSA) is 70.9 Å². The Morgan fingerprint density at radius 2 is 1.69 bits per heavy atom. The first kappa shape index (κ1) is 21.8. The molecule has 0 aliphatic rings. The minimum Gasteiger partial charge on any atom is -0.506 e. The first-order valence-electron chi connectivity index (χ1n) is 8.41. The fraction of sp³-hybridized carbons (Fsp3) is 0.0476. The Morgan fingerprint density at radius 3 is 2.31 bits per heavy atom. The Morgan fingerprint density at radius 1 is 1.07 bits per heavy atom. The van der Waals surface area contributed by atoms with Crippen molar-refractivity contribution < 1.29 is 14.6 Å². The highest BCUT2D eigenvalue weighted by Gasteiger charge is 2.11. The van der Waals surface area contributed by atoms with Gasteiger partial charge in [-0.2, -0.15) is 5.10 Å². The highest BCUT2D eigenvalue weighted by atomic mass is 127. The zero-order valence-corrected chi connectivity index (χ0v) is 20.2. The molecule has 0 aliphatic heterocycles. The fourth-order valence-electron chi connectivity index (χ4n) is 2.32. The fourth-order valence-corrected chi connectivity index (χ4v) is 3.87. The summed E-state index contributed by atoms with van der Waals surface area (Å²) in [5, 5.41) is 13.7. The Hall–Kier alpha value is -1.91. The van der Waals surface area contributed by atoms with Gasteiger partial charge in [-0.25, -0.2) is 5.43 Å². The van der Waals surface area contributed by atoms with E-state index in [1.807, 2.05) is 48.5 Å². The SMILES string of the molecule is O=C(N/N=C\c1ccc(OCc2ccc(I)cc2)cc1)c1cc(Br)c(O)c(Br)c1. The number of hydrazone groups is 1. The number of benzene rings is 3. The minimum atomic E-state index is -0.389. The lowest BCUT2D eigenvalue weighted by molar-refractivity contribution is 0.0955. The van der Waals surface area contributed by atoms with Crippen LogP contribution < -0.4 is 10.2 Å². The molecule has 0 unspecified atom stereocenters. The Bertz CT molecular complexity index is 1020. The van der Waals surface area contributed by atoms with Crippen LogP contribution in [-0.4, -0.2) is 17.2 Å². The average Bonchev–Trinajstić information content (AvgIpc) is 2.72. The summed E-state index contributed by atoms with van der Waals surface area (Å²) in [5.41, 5.74) is 4.74. The van der Waals surface area contributed by atoms with Crippen LogP contribution in [0.25, 0.3) is 0 Å². The van der Waals surface area contributed by atoms with Crippen molar-refractivity contribution in [3.05, 3.63) is 89.9 Å². The average molecular weight is 630 g/mol. The van der Waals surface area contributed by atoms with E-state index in [1.165, 1.54) is 15.7 Å². The first-order chi connectivity index (χ1) is 13.9. The number of phenols is 1. The summed E-state index contributed by atoms with van der Waals surface area (Å²) < 4.78 is 7.80. The van der Waals surface area contributed by atoms with Gasteiger partial charge in [-0.1, -0.05) is 12.1 Å². The van der Waals surface area contributed by atoms with Crippen LogP contribution in [0.4, 0.5) is 0 Å². The van der Waals surface area contributed by atoms with Crippen molar-refractivity contribution in [1.29, 1.82) is 0 Å². The Balaban J connectivity index is 1.54. The number of aromatic hydroxyl groups is 1. The smallest absolute Gasteiger partial charge is 0.271 e.